The van der Waals surface area contributed by atoms with Crippen LogP contribution in [0.5, 0.6) is 5.75 Å². The van der Waals surface area contributed by atoms with E-state index in [1.54, 1.807) is 18.2 Å². The lowest BCUT2D eigenvalue weighted by atomic mass is 10.1. The van der Waals surface area contributed by atoms with Gasteiger partial charge in [-0.25, -0.2) is 0 Å². The van der Waals surface area contributed by atoms with Crippen LogP contribution in [0, 0.1) is 12.3 Å². The van der Waals surface area contributed by atoms with Crippen molar-refractivity contribution < 1.29 is 9.90 Å². The fourth-order valence-electron chi connectivity index (χ4n) is 1.49. The van der Waals surface area contributed by atoms with Gasteiger partial charge in [0.15, 0.2) is 0 Å². The number of nitrogens with one attached hydrogen (secondary N) is 1. The highest BCUT2D eigenvalue weighted by atomic mass is 16.3. The molecule has 1 aromatic carbocycles. The number of hydrogen-bond donors (Lipinski definition) is 2. The van der Waals surface area contributed by atoms with Gasteiger partial charge in [-0.05, 0) is 30.5 Å². The van der Waals surface area contributed by atoms with Crippen LogP contribution in [0.3, 0.4) is 0 Å². The molecule has 1 rings (SSSR count). The molecular weight excluding hydrogens is 214 g/mol. The summed E-state index contributed by atoms with van der Waals surface area (Å²) in [5, 5.41) is 12.1. The number of benzene rings is 1. The van der Waals surface area contributed by atoms with Crippen molar-refractivity contribution >= 4 is 5.91 Å². The monoisotopic (exact) mass is 231 g/mol. The minimum absolute atomic E-state index is 0.0312. The molecule has 0 aliphatic heterocycles. The largest absolute Gasteiger partial charge is 0.508 e. The number of amides is 1. The maximum atomic E-state index is 11.5. The van der Waals surface area contributed by atoms with Crippen LogP contribution in [0.4, 0.5) is 0 Å². The van der Waals surface area contributed by atoms with Crippen molar-refractivity contribution in [3.63, 3.8) is 0 Å². The lowest BCUT2D eigenvalue weighted by molar-refractivity contribution is -0.120. The third-order valence-corrected chi connectivity index (χ3v) is 2.35. The van der Waals surface area contributed by atoms with Gasteiger partial charge < -0.3 is 10.4 Å². The highest BCUT2D eigenvalue weighted by molar-refractivity contribution is 5.78. The maximum absolute atomic E-state index is 11.5. The van der Waals surface area contributed by atoms with Crippen LogP contribution in [-0.2, 0) is 11.2 Å². The number of phenols is 1. The summed E-state index contributed by atoms with van der Waals surface area (Å²) >= 11 is 0. The fraction of sp³-hybridized carbons (Fsp3) is 0.357. The van der Waals surface area contributed by atoms with Gasteiger partial charge in [0.05, 0.1) is 6.42 Å². The summed E-state index contributed by atoms with van der Waals surface area (Å²) in [6.45, 7) is 0.652. The molecule has 0 heterocycles. The molecule has 0 saturated heterocycles. The van der Waals surface area contributed by atoms with Gasteiger partial charge in [-0.15, -0.1) is 12.3 Å². The normalized spacial score (nSPS) is 9.59. The van der Waals surface area contributed by atoms with E-state index in [0.29, 0.717) is 13.0 Å². The lowest BCUT2D eigenvalue weighted by Gasteiger charge is -2.04. The summed E-state index contributed by atoms with van der Waals surface area (Å²) in [5.41, 5.74) is 0.811. The van der Waals surface area contributed by atoms with E-state index in [0.717, 1.165) is 24.8 Å². The Labute approximate surface area is 102 Å². The zero-order valence-electron chi connectivity index (χ0n) is 9.78. The molecule has 0 aromatic heterocycles. The van der Waals surface area contributed by atoms with Crippen LogP contribution in [0.2, 0.25) is 0 Å². The van der Waals surface area contributed by atoms with Gasteiger partial charge in [-0.1, -0.05) is 12.1 Å². The third kappa shape index (κ3) is 5.62. The SMILES string of the molecule is C#CCCCCNC(=O)Cc1cccc(O)c1. The molecule has 0 fully saturated rings. The van der Waals surface area contributed by atoms with Crippen LogP contribution >= 0.6 is 0 Å². The summed E-state index contributed by atoms with van der Waals surface area (Å²) in [6.07, 6.45) is 8.01. The number of hydrogen-bond acceptors (Lipinski definition) is 2. The van der Waals surface area contributed by atoms with Crippen molar-refractivity contribution in [3.05, 3.63) is 29.8 Å². The standard InChI is InChI=1S/C14H17NO2/c1-2-3-4-5-9-15-14(17)11-12-7-6-8-13(16)10-12/h1,6-8,10,16H,3-5,9,11H2,(H,15,17). The van der Waals surface area contributed by atoms with Gasteiger partial charge in [0, 0.05) is 13.0 Å². The van der Waals surface area contributed by atoms with Crippen LogP contribution in [0.1, 0.15) is 24.8 Å². The number of carbonyl (C=O) groups excluding carboxylic acids is 1. The molecule has 90 valence electrons. The van der Waals surface area contributed by atoms with Gasteiger partial charge >= 0.3 is 0 Å². The molecule has 0 saturated carbocycles. The third-order valence-electron chi connectivity index (χ3n) is 2.35. The van der Waals surface area contributed by atoms with Crippen LogP contribution < -0.4 is 5.32 Å². The minimum atomic E-state index is -0.0312. The van der Waals surface area contributed by atoms with E-state index in [9.17, 15) is 9.90 Å². The molecule has 17 heavy (non-hydrogen) atoms. The molecule has 0 aliphatic carbocycles. The molecule has 0 radical (unpaired) electrons. The molecule has 1 amide bonds. The van der Waals surface area contributed by atoms with Crippen LogP contribution in [0.25, 0.3) is 0 Å². The van der Waals surface area contributed by atoms with E-state index in [-0.39, 0.29) is 11.7 Å². The topological polar surface area (TPSA) is 49.3 Å². The molecule has 0 unspecified atom stereocenters. The zero-order valence-corrected chi connectivity index (χ0v) is 9.78. The molecule has 3 nitrogen and oxygen atoms in total. The molecular formula is C14H17NO2. The Morgan fingerprint density at radius 1 is 1.41 bits per heavy atom. The van der Waals surface area contributed by atoms with Gasteiger partial charge in [-0.2, -0.15) is 0 Å². The van der Waals surface area contributed by atoms with E-state index < -0.39 is 0 Å². The average molecular weight is 231 g/mol. The van der Waals surface area contributed by atoms with E-state index in [1.165, 1.54) is 0 Å². The average Bonchev–Trinajstić information content (AvgIpc) is 2.29. The van der Waals surface area contributed by atoms with Crippen LogP contribution in [0.15, 0.2) is 24.3 Å². The first-order chi connectivity index (χ1) is 8.22. The molecule has 0 aliphatic rings. The second kappa shape index (κ2) is 7.34. The molecule has 1 aromatic rings. The Morgan fingerprint density at radius 2 is 2.24 bits per heavy atom. The first-order valence-electron chi connectivity index (χ1n) is 5.70. The molecule has 0 bridgehead atoms. The summed E-state index contributed by atoms with van der Waals surface area (Å²) < 4.78 is 0. The number of carbonyl (C=O) groups is 1. The number of unbranched alkanes of at least 4 members (excludes halogenated alkanes) is 2. The van der Waals surface area contributed by atoms with Gasteiger partial charge in [0.25, 0.3) is 0 Å². The predicted molar refractivity (Wildman–Crippen MR) is 67.5 cm³/mol. The van der Waals surface area contributed by atoms with E-state index in [1.807, 2.05) is 6.07 Å². The number of terminal acetylenes is 1. The zero-order chi connectivity index (χ0) is 12.5. The fourth-order valence-corrected chi connectivity index (χ4v) is 1.49. The van der Waals surface area contributed by atoms with Crippen molar-refractivity contribution in [1.29, 1.82) is 0 Å². The highest BCUT2D eigenvalue weighted by Crippen LogP contribution is 2.11. The second-order valence-corrected chi connectivity index (χ2v) is 3.86. The Hall–Kier alpha value is -1.95. The molecule has 3 heteroatoms. The first kappa shape index (κ1) is 13.1. The van der Waals surface area contributed by atoms with Crippen molar-refractivity contribution in [2.75, 3.05) is 6.54 Å². The number of rotatable bonds is 6. The predicted octanol–water partition coefficient (Wildman–Crippen LogP) is 1.85. The van der Waals surface area contributed by atoms with Crippen molar-refractivity contribution in [2.45, 2.75) is 25.7 Å². The van der Waals surface area contributed by atoms with Crippen molar-refractivity contribution in [3.8, 4) is 18.1 Å². The quantitative estimate of drug-likeness (QED) is 0.580. The highest BCUT2D eigenvalue weighted by Gasteiger charge is 2.02. The van der Waals surface area contributed by atoms with E-state index in [4.69, 9.17) is 6.42 Å². The van der Waals surface area contributed by atoms with Gasteiger partial charge in [0.2, 0.25) is 5.91 Å². The first-order valence-corrected chi connectivity index (χ1v) is 5.70. The summed E-state index contributed by atoms with van der Waals surface area (Å²) in [7, 11) is 0. The minimum Gasteiger partial charge on any atom is -0.508 e. The Bertz CT molecular complexity index is 407. The Balaban J connectivity index is 2.23. The molecule has 2 N–H and O–H groups in total. The second-order valence-electron chi connectivity index (χ2n) is 3.86. The van der Waals surface area contributed by atoms with Crippen molar-refractivity contribution in [1.82, 2.24) is 5.32 Å². The van der Waals surface area contributed by atoms with Gasteiger partial charge in [0.1, 0.15) is 5.75 Å². The molecule has 0 atom stereocenters. The number of aromatic hydroxyl groups is 1. The van der Waals surface area contributed by atoms with Crippen LogP contribution in [-0.4, -0.2) is 17.6 Å². The van der Waals surface area contributed by atoms with E-state index in [2.05, 4.69) is 11.2 Å². The van der Waals surface area contributed by atoms with Crippen molar-refractivity contribution in [2.24, 2.45) is 0 Å². The van der Waals surface area contributed by atoms with Gasteiger partial charge in [-0.3, -0.25) is 4.79 Å². The summed E-state index contributed by atoms with van der Waals surface area (Å²) in [4.78, 5) is 11.5. The summed E-state index contributed by atoms with van der Waals surface area (Å²) in [5.74, 6) is 2.71. The number of phenolic OH excluding ortho intramolecular Hbond substituents is 1. The Kier molecular flexibility index (Phi) is 5.67. The Morgan fingerprint density at radius 3 is 2.94 bits per heavy atom. The summed E-state index contributed by atoms with van der Waals surface area (Å²) in [6, 6.07) is 6.72. The molecule has 0 spiro atoms. The smallest absolute Gasteiger partial charge is 0.224 e. The lowest BCUT2D eigenvalue weighted by Crippen LogP contribution is -2.26. The maximum Gasteiger partial charge on any atom is 0.224 e. The van der Waals surface area contributed by atoms with E-state index >= 15 is 0 Å².